The topological polar surface area (TPSA) is 162 Å². The van der Waals surface area contributed by atoms with Gasteiger partial charge in [0.05, 0.1) is 29.8 Å². The van der Waals surface area contributed by atoms with Crippen molar-refractivity contribution < 1.29 is 48.0 Å². The second-order valence-electron chi connectivity index (χ2n) is 16.0. The van der Waals surface area contributed by atoms with Crippen LogP contribution in [0, 0.1) is 23.7 Å². The Labute approximate surface area is 315 Å². The number of fused-ring (bicyclic) bond motifs is 1. The molecule has 1 aromatic rings. The van der Waals surface area contributed by atoms with Gasteiger partial charge in [0.2, 0.25) is 0 Å². The molecule has 13 heteroatoms. The van der Waals surface area contributed by atoms with E-state index in [0.29, 0.717) is 13.0 Å². The number of benzene rings is 1. The zero-order chi connectivity index (χ0) is 39.2. The van der Waals surface area contributed by atoms with Crippen molar-refractivity contribution in [2.24, 2.45) is 23.7 Å². The normalized spacial score (nSPS) is 38.8. The number of hydrogen-bond acceptors (Lipinski definition) is 12. The number of amides is 1. The Morgan fingerprint density at radius 2 is 1.72 bits per heavy atom. The fraction of sp³-hybridized carbons (Fsp3) is 0.750. The van der Waals surface area contributed by atoms with Crippen LogP contribution in [0.3, 0.4) is 0 Å². The standard InChI is InChI=1S/C40H63N3O10/c1-11-30-40(7)34(42-38(48)53-40)28(22-41-19-15-18-27-16-13-12-14-17-27)31(44)23(2)21-39(6,49-10)35(25(4)32(45)26(5)36(47)51-30)52-37-33(46)29(43(8)9)20-24(3)50-37/h12-14,16-17,23-26,28-30,33-35,37,41,46H,11,15,18-22H2,1-10H3,(H,42,48)/t23-,24-,25+,26-,28+,29+,30-,33-,34?,35-,37+,39+,40-/m1/s1. The first kappa shape index (κ1) is 42.8. The largest absolute Gasteiger partial charge is 0.458 e. The predicted octanol–water partition coefficient (Wildman–Crippen LogP) is 3.68. The molecule has 298 valence electrons. The van der Waals surface area contributed by atoms with Gasteiger partial charge in [-0.2, -0.15) is 0 Å². The summed E-state index contributed by atoms with van der Waals surface area (Å²) in [5.41, 5.74) is -1.46. The number of cyclic esters (lactones) is 1. The van der Waals surface area contributed by atoms with Crippen molar-refractivity contribution in [1.82, 2.24) is 15.5 Å². The predicted molar refractivity (Wildman–Crippen MR) is 198 cm³/mol. The monoisotopic (exact) mass is 745 g/mol. The van der Waals surface area contributed by atoms with Crippen LogP contribution in [0.2, 0.25) is 0 Å². The highest BCUT2D eigenvalue weighted by molar-refractivity contribution is 6.00. The van der Waals surface area contributed by atoms with Gasteiger partial charge in [0.1, 0.15) is 23.9 Å². The molecule has 0 aliphatic carbocycles. The number of rotatable bonds is 11. The summed E-state index contributed by atoms with van der Waals surface area (Å²) in [5, 5.41) is 17.8. The summed E-state index contributed by atoms with van der Waals surface area (Å²) in [7, 11) is 5.24. The molecule has 0 bridgehead atoms. The van der Waals surface area contributed by atoms with Crippen molar-refractivity contribution in [2.75, 3.05) is 34.3 Å². The van der Waals surface area contributed by atoms with Gasteiger partial charge in [-0.05, 0) is 86.0 Å². The molecule has 0 aromatic heterocycles. The van der Waals surface area contributed by atoms with Crippen molar-refractivity contribution in [2.45, 2.75) is 135 Å². The number of carbonyl (C=O) groups excluding carboxylic acids is 4. The molecule has 3 N–H and O–H groups in total. The van der Waals surface area contributed by atoms with Gasteiger partial charge < -0.3 is 44.3 Å². The van der Waals surface area contributed by atoms with E-state index in [4.69, 9.17) is 23.7 Å². The van der Waals surface area contributed by atoms with Crippen LogP contribution in [0.25, 0.3) is 0 Å². The number of nitrogens with one attached hydrogen (secondary N) is 2. The Kier molecular flexibility index (Phi) is 14.6. The fourth-order valence-electron chi connectivity index (χ4n) is 8.52. The maximum absolute atomic E-state index is 14.8. The number of methoxy groups -OCH3 is 1. The number of aliphatic hydroxyl groups excluding tert-OH is 1. The third-order valence-electron chi connectivity index (χ3n) is 11.8. The van der Waals surface area contributed by atoms with E-state index in [-0.39, 0.29) is 37.3 Å². The number of likely N-dealkylation sites (N-methyl/N-ethyl adjacent to an activating group) is 1. The van der Waals surface area contributed by atoms with Crippen LogP contribution in [0.15, 0.2) is 30.3 Å². The smallest absolute Gasteiger partial charge is 0.408 e. The molecule has 3 fully saturated rings. The first-order valence-electron chi connectivity index (χ1n) is 19.2. The van der Waals surface area contributed by atoms with Gasteiger partial charge in [-0.3, -0.25) is 14.4 Å². The Hall–Kier alpha value is -2.94. The van der Waals surface area contributed by atoms with Gasteiger partial charge in [-0.1, -0.05) is 51.1 Å². The number of esters is 1. The second kappa shape index (κ2) is 18.1. The van der Waals surface area contributed by atoms with E-state index in [2.05, 4.69) is 22.8 Å². The van der Waals surface area contributed by atoms with E-state index < -0.39 is 83.4 Å². The van der Waals surface area contributed by atoms with Gasteiger partial charge in [0, 0.05) is 31.5 Å². The van der Waals surface area contributed by atoms with E-state index in [1.807, 2.05) is 51.0 Å². The van der Waals surface area contributed by atoms with Gasteiger partial charge in [0.15, 0.2) is 17.7 Å². The quantitative estimate of drug-likeness (QED) is 0.172. The number of alkyl carbamates (subject to hydrolysis) is 1. The highest BCUT2D eigenvalue weighted by Crippen LogP contribution is 2.40. The maximum Gasteiger partial charge on any atom is 0.408 e. The van der Waals surface area contributed by atoms with E-state index in [9.17, 15) is 24.3 Å². The molecule has 3 saturated heterocycles. The zero-order valence-corrected chi connectivity index (χ0v) is 33.3. The molecule has 0 saturated carbocycles. The van der Waals surface area contributed by atoms with Crippen LogP contribution in [-0.2, 0) is 44.5 Å². The molecule has 13 atom stereocenters. The number of nitrogens with zero attached hydrogens (tertiary/aromatic N) is 1. The average molecular weight is 746 g/mol. The zero-order valence-electron chi connectivity index (χ0n) is 33.3. The second-order valence-corrected chi connectivity index (χ2v) is 16.0. The van der Waals surface area contributed by atoms with Crippen LogP contribution in [0.5, 0.6) is 0 Å². The lowest BCUT2D eigenvalue weighted by molar-refractivity contribution is -0.295. The first-order valence-corrected chi connectivity index (χ1v) is 19.2. The van der Waals surface area contributed by atoms with Gasteiger partial charge in [-0.15, -0.1) is 0 Å². The van der Waals surface area contributed by atoms with Crippen molar-refractivity contribution in [3.63, 3.8) is 0 Å². The summed E-state index contributed by atoms with van der Waals surface area (Å²) in [5.74, 6) is -5.00. The molecule has 1 aromatic carbocycles. The number of ketones is 2. The Bertz CT molecular complexity index is 1410. The molecular formula is C40H63N3O10. The van der Waals surface area contributed by atoms with Crippen molar-refractivity contribution in [3.8, 4) is 0 Å². The minimum absolute atomic E-state index is 0.124. The minimum atomic E-state index is -1.41. The van der Waals surface area contributed by atoms with E-state index in [1.165, 1.54) is 19.6 Å². The molecule has 4 rings (SSSR count). The summed E-state index contributed by atoms with van der Waals surface area (Å²) in [6.07, 6.45) is -2.49. The third kappa shape index (κ3) is 9.66. The molecular weight excluding hydrogens is 682 g/mol. The summed E-state index contributed by atoms with van der Waals surface area (Å²) >= 11 is 0. The van der Waals surface area contributed by atoms with Crippen LogP contribution in [0.4, 0.5) is 4.79 Å². The lowest BCUT2D eigenvalue weighted by atomic mass is 9.73. The molecule has 3 aliphatic rings. The molecule has 0 spiro atoms. The first-order chi connectivity index (χ1) is 25.0. The molecule has 0 radical (unpaired) electrons. The summed E-state index contributed by atoms with van der Waals surface area (Å²) < 4.78 is 30.8. The van der Waals surface area contributed by atoms with Gasteiger partial charge >= 0.3 is 12.1 Å². The summed E-state index contributed by atoms with van der Waals surface area (Å²) in [6, 6.07) is 9.01. The van der Waals surface area contributed by atoms with Crippen LogP contribution in [-0.4, -0.2) is 122 Å². The van der Waals surface area contributed by atoms with Gasteiger partial charge in [0.25, 0.3) is 0 Å². The van der Waals surface area contributed by atoms with E-state index in [1.54, 1.807) is 27.7 Å². The number of hydrogen-bond donors (Lipinski definition) is 3. The molecule has 13 nitrogen and oxygen atoms in total. The molecule has 53 heavy (non-hydrogen) atoms. The summed E-state index contributed by atoms with van der Waals surface area (Å²) in [4.78, 5) is 57.7. The van der Waals surface area contributed by atoms with E-state index >= 15 is 0 Å². The third-order valence-corrected chi connectivity index (χ3v) is 11.8. The maximum atomic E-state index is 14.8. The van der Waals surface area contributed by atoms with Gasteiger partial charge in [-0.25, -0.2) is 4.79 Å². The van der Waals surface area contributed by atoms with Crippen molar-refractivity contribution in [3.05, 3.63) is 35.9 Å². The SMILES string of the molecule is CC[C@H]1OC(=O)[C@H](C)C(=O)[C@H](C)[C@@H](O[C@@H]2O[C@H](C)C[C@H](N(C)C)[C@H]2O)[C@@](C)(OC)C[C@@H](C)C(=O)[C@H](CNCCCc2ccccc2)C2NC(=O)O[C@@]21C. The van der Waals surface area contributed by atoms with Crippen LogP contribution >= 0.6 is 0 Å². The van der Waals surface area contributed by atoms with Crippen LogP contribution < -0.4 is 10.6 Å². The molecule has 3 aliphatic heterocycles. The fourth-order valence-corrected chi connectivity index (χ4v) is 8.52. The lowest BCUT2D eigenvalue weighted by Crippen LogP contribution is -2.61. The lowest BCUT2D eigenvalue weighted by Gasteiger charge is -2.47. The number of carbonyl (C=O) groups is 4. The van der Waals surface area contributed by atoms with Crippen LogP contribution in [0.1, 0.15) is 79.7 Å². The van der Waals surface area contributed by atoms with E-state index in [0.717, 1.165) is 12.8 Å². The number of aliphatic hydroxyl groups is 1. The molecule has 3 heterocycles. The number of ether oxygens (including phenoxy) is 5. The highest BCUT2D eigenvalue weighted by Gasteiger charge is 2.58. The Balaban J connectivity index is 1.72. The Morgan fingerprint density at radius 3 is 2.34 bits per heavy atom. The van der Waals surface area contributed by atoms with Crippen molar-refractivity contribution in [1.29, 1.82) is 0 Å². The molecule has 1 amide bonds. The average Bonchev–Trinajstić information content (AvgIpc) is 3.44. The minimum Gasteiger partial charge on any atom is -0.458 e. The highest BCUT2D eigenvalue weighted by atomic mass is 16.7. The number of aryl methyl sites for hydroxylation is 1. The Morgan fingerprint density at radius 1 is 1.04 bits per heavy atom. The number of Topliss-reactive ketones (excluding diaryl/α,β-unsaturated/α-hetero) is 2. The van der Waals surface area contributed by atoms with Crippen molar-refractivity contribution >= 4 is 23.6 Å². The molecule has 1 unspecified atom stereocenters. The summed E-state index contributed by atoms with van der Waals surface area (Å²) in [6.45, 7) is 13.0.